The maximum absolute atomic E-state index is 13.2. The molecular weight excluding hydrogens is 465 g/mol. The zero-order valence-electron chi connectivity index (χ0n) is 20.0. The molecule has 2 aliphatic rings. The smallest absolute Gasteiger partial charge is 0.410 e. The van der Waals surface area contributed by atoms with Crippen LogP contribution in [0.25, 0.3) is 11.1 Å². The number of carbonyl (C=O) groups excluding carboxylic acids is 2. The van der Waals surface area contributed by atoms with Crippen LogP contribution in [0.15, 0.2) is 59.1 Å². The lowest BCUT2D eigenvalue weighted by atomic mass is 9.61. The fourth-order valence-electron chi connectivity index (χ4n) is 4.99. The quantitative estimate of drug-likeness (QED) is 0.530. The summed E-state index contributed by atoms with van der Waals surface area (Å²) in [5, 5.41) is 6.12. The lowest BCUT2D eigenvalue weighted by Gasteiger charge is -2.51. The number of amides is 2. The highest BCUT2D eigenvalue weighted by Gasteiger charge is 2.47. The molecule has 1 spiro atoms. The third-order valence-corrected chi connectivity index (χ3v) is 7.07. The molecule has 1 aliphatic heterocycles. The zero-order chi connectivity index (χ0) is 25.1. The van der Waals surface area contributed by atoms with Gasteiger partial charge in [0.2, 0.25) is 0 Å². The van der Waals surface area contributed by atoms with Crippen molar-refractivity contribution in [2.24, 2.45) is 5.41 Å². The molecule has 2 amide bonds. The second-order valence-corrected chi connectivity index (χ2v) is 9.48. The van der Waals surface area contributed by atoms with Crippen molar-refractivity contribution in [2.75, 3.05) is 20.1 Å². The molecule has 5 rings (SSSR count). The van der Waals surface area contributed by atoms with Crippen molar-refractivity contribution in [3.63, 3.8) is 0 Å². The Labute approximate surface area is 208 Å². The molecule has 0 bridgehead atoms. The van der Waals surface area contributed by atoms with E-state index in [-0.39, 0.29) is 35.5 Å². The predicted molar refractivity (Wildman–Crippen MR) is 129 cm³/mol. The average molecular weight is 494 g/mol. The van der Waals surface area contributed by atoms with Crippen LogP contribution in [0, 0.1) is 11.2 Å². The van der Waals surface area contributed by atoms with Crippen LogP contribution in [-0.2, 0) is 11.3 Å². The fourth-order valence-corrected chi connectivity index (χ4v) is 4.99. The van der Waals surface area contributed by atoms with Crippen molar-refractivity contribution in [1.29, 1.82) is 0 Å². The van der Waals surface area contributed by atoms with E-state index in [4.69, 9.17) is 14.0 Å². The van der Waals surface area contributed by atoms with Gasteiger partial charge in [-0.15, -0.1) is 0 Å². The number of benzene rings is 2. The maximum Gasteiger partial charge on any atom is 0.410 e. The van der Waals surface area contributed by atoms with E-state index in [1.54, 1.807) is 17.0 Å². The number of ether oxygens (including phenoxy) is 2. The van der Waals surface area contributed by atoms with E-state index in [9.17, 15) is 14.0 Å². The number of hydrogen-bond donors (Lipinski definition) is 1. The number of carbonyl (C=O) groups is 2. The van der Waals surface area contributed by atoms with Gasteiger partial charge in [-0.1, -0.05) is 29.4 Å². The zero-order valence-corrected chi connectivity index (χ0v) is 20.0. The number of nitrogens with one attached hydrogen (secondary N) is 1. The van der Waals surface area contributed by atoms with Gasteiger partial charge in [-0.3, -0.25) is 4.79 Å². The molecule has 1 saturated carbocycles. The van der Waals surface area contributed by atoms with Crippen molar-refractivity contribution in [3.05, 3.63) is 71.9 Å². The van der Waals surface area contributed by atoms with Crippen molar-refractivity contribution >= 4 is 12.0 Å². The number of nitrogens with zero attached hydrogens (tertiary/aromatic N) is 2. The van der Waals surface area contributed by atoms with Gasteiger partial charge in [0.25, 0.3) is 5.91 Å². The van der Waals surface area contributed by atoms with Crippen LogP contribution in [0.3, 0.4) is 0 Å². The first-order valence-corrected chi connectivity index (χ1v) is 12.1. The van der Waals surface area contributed by atoms with Gasteiger partial charge in [0.1, 0.15) is 11.6 Å². The summed E-state index contributed by atoms with van der Waals surface area (Å²) >= 11 is 0. The summed E-state index contributed by atoms with van der Waals surface area (Å²) < 4.78 is 29.8. The van der Waals surface area contributed by atoms with Gasteiger partial charge < -0.3 is 24.2 Å². The first-order valence-electron chi connectivity index (χ1n) is 12.1. The topological polar surface area (TPSA) is 93.9 Å². The standard InChI is InChI=1S/C27H28FN3O5/c1-29-25(32)24-14-22(36-30-24)17-34-26(33)31-11-9-27(10-12-31)15-23(16-27)35-21-4-2-3-19(13-21)18-5-7-20(28)8-6-18/h2-8,13-14,23H,9-12,15-17H2,1H3,(H,29,32). The fraction of sp³-hybridized carbons (Fsp3) is 0.370. The lowest BCUT2D eigenvalue weighted by molar-refractivity contribution is -0.0539. The number of hydrogen-bond acceptors (Lipinski definition) is 6. The third-order valence-electron chi connectivity index (χ3n) is 7.07. The van der Waals surface area contributed by atoms with Gasteiger partial charge in [-0.25, -0.2) is 9.18 Å². The Balaban J connectivity index is 1.07. The van der Waals surface area contributed by atoms with Gasteiger partial charge in [0.15, 0.2) is 18.1 Å². The summed E-state index contributed by atoms with van der Waals surface area (Å²) in [5.74, 6) is 0.514. The molecule has 0 atom stereocenters. The molecule has 9 heteroatoms. The minimum Gasteiger partial charge on any atom is -0.490 e. The second-order valence-electron chi connectivity index (χ2n) is 9.48. The Morgan fingerprint density at radius 3 is 2.58 bits per heavy atom. The molecule has 1 saturated heterocycles. The molecule has 2 aromatic carbocycles. The molecule has 2 heterocycles. The highest BCUT2D eigenvalue weighted by atomic mass is 19.1. The Kier molecular flexibility index (Phi) is 6.63. The van der Waals surface area contributed by atoms with Crippen LogP contribution in [0.1, 0.15) is 41.9 Å². The van der Waals surface area contributed by atoms with E-state index in [1.807, 2.05) is 24.3 Å². The summed E-state index contributed by atoms with van der Waals surface area (Å²) in [5.41, 5.74) is 2.28. The average Bonchev–Trinajstić information content (AvgIpc) is 3.36. The molecule has 188 valence electrons. The number of rotatable bonds is 6. The van der Waals surface area contributed by atoms with Gasteiger partial charge in [0, 0.05) is 26.2 Å². The molecule has 0 unspecified atom stereocenters. The molecule has 3 aromatic rings. The normalized spacial score (nSPS) is 16.9. The Bertz CT molecular complexity index is 1230. The maximum atomic E-state index is 13.2. The molecule has 1 aliphatic carbocycles. The minimum absolute atomic E-state index is 0.0721. The highest BCUT2D eigenvalue weighted by molar-refractivity contribution is 5.91. The summed E-state index contributed by atoms with van der Waals surface area (Å²) in [7, 11) is 1.50. The monoisotopic (exact) mass is 493 g/mol. The molecule has 8 nitrogen and oxygen atoms in total. The van der Waals surface area contributed by atoms with Crippen molar-refractivity contribution in [1.82, 2.24) is 15.4 Å². The molecule has 1 N–H and O–H groups in total. The summed E-state index contributed by atoms with van der Waals surface area (Å²) in [6.45, 7) is 1.19. The van der Waals surface area contributed by atoms with E-state index in [0.29, 0.717) is 18.8 Å². The predicted octanol–water partition coefficient (Wildman–Crippen LogP) is 4.80. The van der Waals surface area contributed by atoms with Crippen molar-refractivity contribution in [2.45, 2.75) is 38.4 Å². The molecule has 0 radical (unpaired) electrons. The number of likely N-dealkylation sites (tertiary alicyclic amines) is 1. The Morgan fingerprint density at radius 2 is 1.86 bits per heavy atom. The van der Waals surface area contributed by atoms with Crippen LogP contribution in [-0.4, -0.2) is 48.3 Å². The largest absolute Gasteiger partial charge is 0.490 e. The van der Waals surface area contributed by atoms with Gasteiger partial charge in [-0.05, 0) is 66.5 Å². The SMILES string of the molecule is CNC(=O)c1cc(COC(=O)N2CCC3(CC2)CC(Oc2cccc(-c4ccc(F)cc4)c2)C3)on1. The van der Waals surface area contributed by atoms with E-state index < -0.39 is 6.09 Å². The second kappa shape index (κ2) is 10.0. The van der Waals surface area contributed by atoms with E-state index in [2.05, 4.69) is 10.5 Å². The highest BCUT2D eigenvalue weighted by Crippen LogP contribution is 2.50. The van der Waals surface area contributed by atoms with Crippen LogP contribution in [0.5, 0.6) is 5.75 Å². The molecule has 36 heavy (non-hydrogen) atoms. The number of halogens is 1. The molecule has 2 fully saturated rings. The van der Waals surface area contributed by atoms with E-state index >= 15 is 0 Å². The minimum atomic E-state index is -0.396. The first kappa shape index (κ1) is 23.8. The van der Waals surface area contributed by atoms with E-state index in [1.165, 1.54) is 25.2 Å². The first-order chi connectivity index (χ1) is 17.4. The van der Waals surface area contributed by atoms with Crippen LogP contribution in [0.4, 0.5) is 9.18 Å². The molecular formula is C27H28FN3O5. The number of aromatic nitrogens is 1. The Morgan fingerprint density at radius 1 is 1.11 bits per heavy atom. The van der Waals surface area contributed by atoms with Crippen molar-refractivity contribution in [3.8, 4) is 16.9 Å². The summed E-state index contributed by atoms with van der Waals surface area (Å²) in [6.07, 6.45) is 3.47. The Hall–Kier alpha value is -3.88. The van der Waals surface area contributed by atoms with Gasteiger partial charge in [0.05, 0.1) is 6.10 Å². The summed E-state index contributed by atoms with van der Waals surface area (Å²) in [6, 6.07) is 15.8. The third kappa shape index (κ3) is 5.19. The van der Waals surface area contributed by atoms with Gasteiger partial charge >= 0.3 is 6.09 Å². The number of piperidine rings is 1. The van der Waals surface area contributed by atoms with E-state index in [0.717, 1.165) is 42.6 Å². The van der Waals surface area contributed by atoms with Crippen LogP contribution >= 0.6 is 0 Å². The van der Waals surface area contributed by atoms with Crippen LogP contribution in [0.2, 0.25) is 0 Å². The summed E-state index contributed by atoms with van der Waals surface area (Å²) in [4.78, 5) is 25.7. The molecule has 1 aromatic heterocycles. The van der Waals surface area contributed by atoms with Crippen molar-refractivity contribution < 1.29 is 28.0 Å². The lowest BCUT2D eigenvalue weighted by Crippen LogP contribution is -2.52. The van der Waals surface area contributed by atoms with Gasteiger partial charge in [-0.2, -0.15) is 0 Å². The van der Waals surface area contributed by atoms with Crippen LogP contribution < -0.4 is 10.1 Å².